The molecule has 4 aromatic rings. The fraction of sp³-hybridized carbons (Fsp3) is 0.547. The predicted molar refractivity (Wildman–Crippen MR) is 243 cm³/mol. The zero-order chi connectivity index (χ0) is 38.8. The van der Waals surface area contributed by atoms with E-state index in [1.54, 1.807) is 0 Å². The molecule has 0 fully saturated rings. The van der Waals surface area contributed by atoms with Crippen molar-refractivity contribution in [2.24, 2.45) is 0 Å². The highest BCUT2D eigenvalue weighted by Gasteiger charge is 2.15. The molecular formula is C53H78N2. The summed E-state index contributed by atoms with van der Waals surface area (Å²) in [6.07, 6.45) is 33.7. The van der Waals surface area contributed by atoms with Gasteiger partial charge in [0.15, 0.2) is 0 Å². The van der Waals surface area contributed by atoms with Crippen LogP contribution in [0.3, 0.4) is 0 Å². The van der Waals surface area contributed by atoms with Crippen LogP contribution in [0.15, 0.2) is 97.1 Å². The fourth-order valence-corrected chi connectivity index (χ4v) is 8.47. The monoisotopic (exact) mass is 743 g/mol. The second-order valence-corrected chi connectivity index (χ2v) is 16.7. The Morgan fingerprint density at radius 3 is 0.800 bits per heavy atom. The van der Waals surface area contributed by atoms with Gasteiger partial charge in [0.05, 0.1) is 0 Å². The van der Waals surface area contributed by atoms with E-state index in [-0.39, 0.29) is 0 Å². The molecule has 0 spiro atoms. The molecular weight excluding hydrogens is 665 g/mol. The molecule has 0 aliphatic rings. The second kappa shape index (κ2) is 27.1. The van der Waals surface area contributed by atoms with Crippen LogP contribution in [0.4, 0.5) is 11.4 Å². The molecule has 2 atom stereocenters. The van der Waals surface area contributed by atoms with Gasteiger partial charge in [0, 0.05) is 23.2 Å². The molecule has 0 saturated heterocycles. The molecule has 4 aromatic carbocycles. The van der Waals surface area contributed by atoms with E-state index < -0.39 is 0 Å². The largest absolute Gasteiger partial charge is 0.399 e. The van der Waals surface area contributed by atoms with E-state index >= 15 is 0 Å². The van der Waals surface area contributed by atoms with Gasteiger partial charge in [-0.2, -0.15) is 0 Å². The highest BCUT2D eigenvalue weighted by molar-refractivity contribution is 5.44. The molecule has 0 saturated carbocycles. The van der Waals surface area contributed by atoms with Gasteiger partial charge in [-0.15, -0.1) is 0 Å². The summed E-state index contributed by atoms with van der Waals surface area (Å²) in [6.45, 7) is 4.56. The van der Waals surface area contributed by atoms with Crippen LogP contribution in [0.1, 0.15) is 207 Å². The molecule has 0 amide bonds. The minimum Gasteiger partial charge on any atom is -0.399 e. The van der Waals surface area contributed by atoms with E-state index in [0.29, 0.717) is 11.8 Å². The number of nitrogen functional groups attached to an aromatic ring is 2. The molecule has 0 radical (unpaired) electrons. The summed E-state index contributed by atoms with van der Waals surface area (Å²) in [4.78, 5) is 0. The molecule has 2 unspecified atom stereocenters. The minimum absolute atomic E-state index is 0.471. The van der Waals surface area contributed by atoms with Crippen LogP contribution >= 0.6 is 0 Å². The molecule has 300 valence electrons. The average Bonchev–Trinajstić information content (AvgIpc) is 3.21. The molecule has 0 heterocycles. The van der Waals surface area contributed by atoms with Crippen LogP contribution in [0.25, 0.3) is 0 Å². The first kappa shape index (κ1) is 44.2. The van der Waals surface area contributed by atoms with Crippen molar-refractivity contribution in [3.8, 4) is 0 Å². The number of nitrogens with two attached hydrogens (primary N) is 2. The highest BCUT2D eigenvalue weighted by atomic mass is 14.5. The third kappa shape index (κ3) is 17.4. The zero-order valence-corrected chi connectivity index (χ0v) is 35.2. The summed E-state index contributed by atoms with van der Waals surface area (Å²) in [6, 6.07) is 36.0. The lowest BCUT2D eigenvalue weighted by molar-refractivity contribution is 0.525. The number of anilines is 2. The minimum atomic E-state index is 0.471. The lowest BCUT2D eigenvalue weighted by atomic mass is 9.86. The number of benzene rings is 4. The predicted octanol–water partition coefficient (Wildman–Crippen LogP) is 15.9. The van der Waals surface area contributed by atoms with E-state index in [4.69, 9.17) is 11.5 Å². The molecule has 0 bridgehead atoms. The lowest BCUT2D eigenvalue weighted by Gasteiger charge is -2.18. The Kier molecular flexibility index (Phi) is 21.8. The maximum Gasteiger partial charge on any atom is 0.0314 e. The van der Waals surface area contributed by atoms with Crippen molar-refractivity contribution in [3.05, 3.63) is 130 Å². The topological polar surface area (TPSA) is 52.0 Å². The van der Waals surface area contributed by atoms with Gasteiger partial charge in [0.2, 0.25) is 0 Å². The summed E-state index contributed by atoms with van der Waals surface area (Å²) in [5.74, 6) is 0.941. The van der Waals surface area contributed by atoms with Crippen LogP contribution < -0.4 is 11.5 Å². The van der Waals surface area contributed by atoms with Gasteiger partial charge in [-0.25, -0.2) is 0 Å². The van der Waals surface area contributed by atoms with Crippen molar-refractivity contribution in [1.82, 2.24) is 0 Å². The van der Waals surface area contributed by atoms with Crippen LogP contribution in [0.5, 0.6) is 0 Å². The van der Waals surface area contributed by atoms with Crippen molar-refractivity contribution < 1.29 is 0 Å². The summed E-state index contributed by atoms with van der Waals surface area (Å²) in [7, 11) is 0. The van der Waals surface area contributed by atoms with Gasteiger partial charge in [-0.05, 0) is 96.2 Å². The zero-order valence-electron chi connectivity index (χ0n) is 35.2. The maximum atomic E-state index is 5.95. The van der Waals surface area contributed by atoms with Crippen molar-refractivity contribution in [2.75, 3.05) is 11.5 Å². The molecule has 0 aromatic heterocycles. The Morgan fingerprint density at radius 1 is 0.309 bits per heavy atom. The lowest BCUT2D eigenvalue weighted by Crippen LogP contribution is -2.02. The Hall–Kier alpha value is -3.52. The van der Waals surface area contributed by atoms with Gasteiger partial charge in [0.1, 0.15) is 0 Å². The summed E-state index contributed by atoms with van der Waals surface area (Å²) >= 11 is 0. The quantitative estimate of drug-likeness (QED) is 0.0413. The van der Waals surface area contributed by atoms with E-state index in [2.05, 4.69) is 86.6 Å². The highest BCUT2D eigenvalue weighted by Crippen LogP contribution is 2.32. The summed E-state index contributed by atoms with van der Waals surface area (Å²) in [5, 5.41) is 0. The molecule has 0 aliphatic heterocycles. The third-order valence-corrected chi connectivity index (χ3v) is 12.1. The standard InChI is InChI=1S/C53H78N2/c1-3-5-26-52(48-36-40-50(54)41-37-48)46-32-28-44(29-33-46)24-22-20-18-16-14-12-10-8-7-9-11-13-15-17-19-21-23-25-45-30-34-47(35-31-45)53(27-6-4-2)49-38-42-51(55)43-39-49/h28-43,52-53H,3-27,54-55H2,1-2H3. The SMILES string of the molecule is CCCCC(c1ccc(N)cc1)c1ccc(CCCCCCCCCCCCCCCCCCCc2ccc(C(CCCC)c3ccc(N)cc3)cc2)cc1. The molecule has 55 heavy (non-hydrogen) atoms. The van der Waals surface area contributed by atoms with Gasteiger partial charge in [0.25, 0.3) is 0 Å². The second-order valence-electron chi connectivity index (χ2n) is 16.7. The fourth-order valence-electron chi connectivity index (χ4n) is 8.47. The molecule has 4 N–H and O–H groups in total. The summed E-state index contributed by atoms with van der Waals surface area (Å²) < 4.78 is 0. The first-order valence-corrected chi connectivity index (χ1v) is 23.0. The molecule has 4 rings (SSSR count). The number of hydrogen-bond acceptors (Lipinski definition) is 2. The van der Waals surface area contributed by atoms with Crippen LogP contribution in [-0.4, -0.2) is 0 Å². The van der Waals surface area contributed by atoms with E-state index in [9.17, 15) is 0 Å². The van der Waals surface area contributed by atoms with Gasteiger partial charge in [-0.3, -0.25) is 0 Å². The van der Waals surface area contributed by atoms with Crippen molar-refractivity contribution in [1.29, 1.82) is 0 Å². The Balaban J connectivity index is 0.927. The van der Waals surface area contributed by atoms with E-state index in [0.717, 1.165) is 11.4 Å². The van der Waals surface area contributed by atoms with Crippen molar-refractivity contribution in [3.63, 3.8) is 0 Å². The van der Waals surface area contributed by atoms with Crippen molar-refractivity contribution >= 4 is 11.4 Å². The Bertz CT molecular complexity index is 1390. The third-order valence-electron chi connectivity index (χ3n) is 12.1. The molecule has 2 nitrogen and oxygen atoms in total. The van der Waals surface area contributed by atoms with Gasteiger partial charge >= 0.3 is 0 Å². The molecule has 2 heteroatoms. The van der Waals surface area contributed by atoms with Gasteiger partial charge in [-0.1, -0.05) is 209 Å². The normalized spacial score (nSPS) is 12.5. The molecule has 0 aliphatic carbocycles. The Labute approximate surface area is 338 Å². The summed E-state index contributed by atoms with van der Waals surface area (Å²) in [5.41, 5.74) is 22.3. The smallest absolute Gasteiger partial charge is 0.0314 e. The number of rotatable bonds is 30. The van der Waals surface area contributed by atoms with Crippen LogP contribution in [0.2, 0.25) is 0 Å². The van der Waals surface area contributed by atoms with E-state index in [1.165, 1.54) is 194 Å². The number of aryl methyl sites for hydroxylation is 2. The number of unbranched alkanes of at least 4 members (excludes halogenated alkanes) is 18. The van der Waals surface area contributed by atoms with Crippen LogP contribution in [0, 0.1) is 0 Å². The average molecular weight is 743 g/mol. The first-order chi connectivity index (χ1) is 27.1. The first-order valence-electron chi connectivity index (χ1n) is 23.0. The Morgan fingerprint density at radius 2 is 0.545 bits per heavy atom. The van der Waals surface area contributed by atoms with Crippen LogP contribution in [-0.2, 0) is 12.8 Å². The maximum absolute atomic E-state index is 5.95. The van der Waals surface area contributed by atoms with Crippen molar-refractivity contribution in [2.45, 2.75) is 186 Å². The number of hydrogen-bond donors (Lipinski definition) is 2. The van der Waals surface area contributed by atoms with E-state index in [1.807, 2.05) is 24.3 Å². The van der Waals surface area contributed by atoms with Gasteiger partial charge < -0.3 is 11.5 Å².